The number of carbonyl (C=O) groups excluding carboxylic acids is 1. The molecule has 0 bridgehead atoms. The number of pyridine rings is 1. The van der Waals surface area contributed by atoms with Gasteiger partial charge < -0.3 is 4.74 Å². The smallest absolute Gasteiger partial charge is 0.280 e. The first-order chi connectivity index (χ1) is 7.51. The summed E-state index contributed by atoms with van der Waals surface area (Å²) in [4.78, 5) is 14.4. The largest absolute Gasteiger partial charge is 0.480 e. The molecular formula is C9H5ClF2N2O2. The summed E-state index contributed by atoms with van der Waals surface area (Å²) < 4.78 is 29.5. The van der Waals surface area contributed by atoms with Crippen LogP contribution in [0.1, 0.15) is 28.0 Å². The Labute approximate surface area is 94.4 Å². The van der Waals surface area contributed by atoms with E-state index in [1.165, 1.54) is 0 Å². The van der Waals surface area contributed by atoms with Crippen LogP contribution in [0.15, 0.2) is 6.07 Å². The van der Waals surface area contributed by atoms with Crippen molar-refractivity contribution in [2.24, 2.45) is 0 Å². The van der Waals surface area contributed by atoms with Gasteiger partial charge in [0.1, 0.15) is 17.3 Å². The van der Waals surface area contributed by atoms with E-state index in [2.05, 4.69) is 9.72 Å². The highest BCUT2D eigenvalue weighted by Crippen LogP contribution is 2.26. The van der Waals surface area contributed by atoms with Crippen LogP contribution in [0.2, 0.25) is 0 Å². The van der Waals surface area contributed by atoms with Crippen molar-refractivity contribution in [3.8, 4) is 11.9 Å². The Morgan fingerprint density at radius 3 is 2.69 bits per heavy atom. The van der Waals surface area contributed by atoms with Gasteiger partial charge in [0, 0.05) is 0 Å². The molecule has 7 heteroatoms. The SMILES string of the molecule is COc1nc(C(F)F)cc(C(=O)Cl)c1C#N. The number of nitriles is 1. The molecule has 0 spiro atoms. The highest BCUT2D eigenvalue weighted by Gasteiger charge is 2.21. The van der Waals surface area contributed by atoms with Crippen molar-refractivity contribution in [2.75, 3.05) is 7.11 Å². The molecule has 0 saturated carbocycles. The van der Waals surface area contributed by atoms with Crippen LogP contribution >= 0.6 is 11.6 Å². The predicted molar refractivity (Wildman–Crippen MR) is 50.6 cm³/mol. The Balaban J connectivity index is 3.51. The zero-order chi connectivity index (χ0) is 12.3. The molecule has 0 aliphatic heterocycles. The zero-order valence-corrected chi connectivity index (χ0v) is 8.76. The average Bonchev–Trinajstić information content (AvgIpc) is 2.26. The fraction of sp³-hybridized carbons (Fsp3) is 0.222. The van der Waals surface area contributed by atoms with E-state index in [9.17, 15) is 13.6 Å². The molecule has 1 aromatic rings. The Morgan fingerprint density at radius 2 is 2.31 bits per heavy atom. The number of hydrogen-bond donors (Lipinski definition) is 0. The lowest BCUT2D eigenvalue weighted by molar-refractivity contribution is 0.107. The van der Waals surface area contributed by atoms with E-state index in [1.54, 1.807) is 6.07 Å². The molecule has 0 N–H and O–H groups in total. The lowest BCUT2D eigenvalue weighted by Crippen LogP contribution is -2.04. The zero-order valence-electron chi connectivity index (χ0n) is 8.00. The second kappa shape index (κ2) is 4.86. The quantitative estimate of drug-likeness (QED) is 0.768. The molecule has 0 aliphatic rings. The van der Waals surface area contributed by atoms with Crippen LogP contribution in [-0.2, 0) is 0 Å². The van der Waals surface area contributed by atoms with Crippen LogP contribution in [0.3, 0.4) is 0 Å². The average molecular weight is 247 g/mol. The first kappa shape index (κ1) is 12.3. The lowest BCUT2D eigenvalue weighted by atomic mass is 10.1. The minimum Gasteiger partial charge on any atom is -0.480 e. The summed E-state index contributed by atoms with van der Waals surface area (Å²) in [6, 6.07) is 2.40. The summed E-state index contributed by atoms with van der Waals surface area (Å²) >= 11 is 5.17. The highest BCUT2D eigenvalue weighted by molar-refractivity contribution is 6.68. The maximum atomic E-state index is 12.4. The summed E-state index contributed by atoms with van der Waals surface area (Å²) in [7, 11) is 1.15. The van der Waals surface area contributed by atoms with Gasteiger partial charge in [-0.3, -0.25) is 4.79 Å². The Bertz CT molecular complexity index is 471. The molecule has 16 heavy (non-hydrogen) atoms. The summed E-state index contributed by atoms with van der Waals surface area (Å²) in [5.41, 5.74) is -1.27. The summed E-state index contributed by atoms with van der Waals surface area (Å²) in [5.74, 6) is -0.343. The molecule has 0 aromatic carbocycles. The fourth-order valence-corrected chi connectivity index (χ4v) is 1.21. The van der Waals surface area contributed by atoms with Crippen molar-refractivity contribution in [3.63, 3.8) is 0 Å². The van der Waals surface area contributed by atoms with E-state index >= 15 is 0 Å². The minimum atomic E-state index is -2.88. The van der Waals surface area contributed by atoms with E-state index in [1.807, 2.05) is 0 Å². The molecule has 0 atom stereocenters. The van der Waals surface area contributed by atoms with Crippen molar-refractivity contribution in [1.82, 2.24) is 4.98 Å². The molecule has 0 saturated heterocycles. The standard InChI is InChI=1S/C9H5ClF2N2O2/c1-16-9-5(3-13)4(7(10)15)2-6(14-9)8(11)12/h2,8H,1H3. The number of hydrogen-bond acceptors (Lipinski definition) is 4. The maximum absolute atomic E-state index is 12.4. The van der Waals surface area contributed by atoms with Crippen molar-refractivity contribution < 1.29 is 18.3 Å². The van der Waals surface area contributed by atoms with Gasteiger partial charge >= 0.3 is 0 Å². The van der Waals surface area contributed by atoms with Gasteiger partial charge in [0.15, 0.2) is 0 Å². The Morgan fingerprint density at radius 1 is 1.69 bits per heavy atom. The molecule has 1 aromatic heterocycles. The van der Waals surface area contributed by atoms with E-state index < -0.39 is 17.4 Å². The summed E-state index contributed by atoms with van der Waals surface area (Å²) in [6.45, 7) is 0. The Kier molecular flexibility index (Phi) is 3.74. The fourth-order valence-electron chi connectivity index (χ4n) is 1.06. The first-order valence-electron chi connectivity index (χ1n) is 3.98. The molecule has 4 nitrogen and oxygen atoms in total. The van der Waals surface area contributed by atoms with Crippen LogP contribution in [0.5, 0.6) is 5.88 Å². The van der Waals surface area contributed by atoms with Crippen LogP contribution < -0.4 is 4.74 Å². The number of nitrogens with zero attached hydrogens (tertiary/aromatic N) is 2. The first-order valence-corrected chi connectivity index (χ1v) is 4.36. The number of ether oxygens (including phenoxy) is 1. The van der Waals surface area contributed by atoms with Crippen molar-refractivity contribution >= 4 is 16.8 Å². The predicted octanol–water partition coefficient (Wildman–Crippen LogP) is 2.28. The molecule has 1 rings (SSSR count). The third-order valence-corrected chi connectivity index (χ3v) is 1.95. The molecule has 0 aliphatic carbocycles. The van der Waals surface area contributed by atoms with Gasteiger partial charge in [0.2, 0.25) is 5.88 Å². The lowest BCUT2D eigenvalue weighted by Gasteiger charge is -2.07. The topological polar surface area (TPSA) is 63.0 Å². The molecule has 0 fully saturated rings. The van der Waals surface area contributed by atoms with E-state index in [4.69, 9.17) is 16.9 Å². The van der Waals surface area contributed by atoms with Gasteiger partial charge in [-0.15, -0.1) is 0 Å². The number of rotatable bonds is 3. The number of methoxy groups -OCH3 is 1. The van der Waals surface area contributed by atoms with Crippen molar-refractivity contribution in [3.05, 3.63) is 22.9 Å². The minimum absolute atomic E-state index is 0.257. The van der Waals surface area contributed by atoms with Crippen LogP contribution in [0.4, 0.5) is 8.78 Å². The second-order valence-corrected chi connectivity index (χ2v) is 3.01. The number of aromatic nitrogens is 1. The normalized spacial score (nSPS) is 10.0. The highest BCUT2D eigenvalue weighted by atomic mass is 35.5. The summed E-state index contributed by atoms with van der Waals surface area (Å²) in [5, 5.41) is 7.73. The van der Waals surface area contributed by atoms with Gasteiger partial charge in [-0.05, 0) is 17.7 Å². The van der Waals surface area contributed by atoms with Crippen molar-refractivity contribution in [1.29, 1.82) is 5.26 Å². The van der Waals surface area contributed by atoms with Gasteiger partial charge in [0.05, 0.1) is 12.7 Å². The molecule has 0 radical (unpaired) electrons. The van der Waals surface area contributed by atoms with Gasteiger partial charge in [-0.1, -0.05) is 0 Å². The van der Waals surface area contributed by atoms with Gasteiger partial charge in [-0.2, -0.15) is 5.26 Å². The molecule has 1 heterocycles. The monoisotopic (exact) mass is 246 g/mol. The molecule has 84 valence electrons. The molecule has 0 unspecified atom stereocenters. The van der Waals surface area contributed by atoms with E-state index in [-0.39, 0.29) is 17.0 Å². The molecular weight excluding hydrogens is 242 g/mol. The maximum Gasteiger partial charge on any atom is 0.280 e. The van der Waals surface area contributed by atoms with Crippen LogP contribution in [-0.4, -0.2) is 17.3 Å². The van der Waals surface area contributed by atoms with Gasteiger partial charge in [0.25, 0.3) is 11.7 Å². The van der Waals surface area contributed by atoms with Gasteiger partial charge in [-0.25, -0.2) is 13.8 Å². The van der Waals surface area contributed by atoms with Crippen molar-refractivity contribution in [2.45, 2.75) is 6.43 Å². The number of halogens is 3. The van der Waals surface area contributed by atoms with E-state index in [0.29, 0.717) is 0 Å². The second-order valence-electron chi connectivity index (χ2n) is 2.67. The third kappa shape index (κ3) is 2.25. The number of carbonyl (C=O) groups is 1. The molecule has 0 amide bonds. The Hall–Kier alpha value is -1.74. The van der Waals surface area contributed by atoms with Crippen LogP contribution in [0.25, 0.3) is 0 Å². The third-order valence-electron chi connectivity index (χ3n) is 1.75. The van der Waals surface area contributed by atoms with E-state index in [0.717, 1.165) is 13.2 Å². The summed E-state index contributed by atoms with van der Waals surface area (Å²) in [6.07, 6.45) is -2.88. The number of alkyl halides is 2. The van der Waals surface area contributed by atoms with Crippen LogP contribution in [0, 0.1) is 11.3 Å².